The summed E-state index contributed by atoms with van der Waals surface area (Å²) in [6.07, 6.45) is 3.72. The number of carbonyl (C=O) groups excluding carboxylic acids is 1. The number of aromatic carboxylic acids is 1. The number of carboxylic acids is 1. The first-order valence-electron chi connectivity index (χ1n) is 5.73. The summed E-state index contributed by atoms with van der Waals surface area (Å²) in [5.74, 6) is -1.25. The SMILES string of the molecule is CN(C)C=C1CCCc2c(n[nH]c2C(=O)O)C1=O. The highest BCUT2D eigenvalue weighted by Gasteiger charge is 2.27. The molecule has 0 atom stereocenters. The van der Waals surface area contributed by atoms with Crippen molar-refractivity contribution in [1.82, 2.24) is 15.1 Å². The fourth-order valence-electron chi connectivity index (χ4n) is 2.13. The first kappa shape index (κ1) is 12.3. The third-order valence-corrected chi connectivity index (χ3v) is 2.87. The van der Waals surface area contributed by atoms with E-state index in [0.717, 1.165) is 6.42 Å². The molecule has 0 radical (unpaired) electrons. The van der Waals surface area contributed by atoms with Gasteiger partial charge >= 0.3 is 5.97 Å². The van der Waals surface area contributed by atoms with Crippen LogP contribution in [0.4, 0.5) is 0 Å². The molecule has 1 aliphatic rings. The highest BCUT2D eigenvalue weighted by atomic mass is 16.4. The van der Waals surface area contributed by atoms with E-state index < -0.39 is 5.97 Å². The molecule has 0 saturated carbocycles. The lowest BCUT2D eigenvalue weighted by Gasteiger charge is -2.08. The molecule has 2 N–H and O–H groups in total. The molecular weight excluding hydrogens is 234 g/mol. The molecule has 0 spiro atoms. The van der Waals surface area contributed by atoms with Crippen molar-refractivity contribution >= 4 is 11.8 Å². The van der Waals surface area contributed by atoms with E-state index in [1.54, 1.807) is 6.20 Å². The number of nitrogens with one attached hydrogen (secondary N) is 1. The smallest absolute Gasteiger partial charge is 0.354 e. The number of rotatable bonds is 2. The second-order valence-corrected chi connectivity index (χ2v) is 4.53. The monoisotopic (exact) mass is 249 g/mol. The largest absolute Gasteiger partial charge is 0.477 e. The summed E-state index contributed by atoms with van der Waals surface area (Å²) >= 11 is 0. The summed E-state index contributed by atoms with van der Waals surface area (Å²) in [6.45, 7) is 0. The van der Waals surface area contributed by atoms with E-state index in [4.69, 9.17) is 5.11 Å². The Morgan fingerprint density at radius 3 is 2.78 bits per heavy atom. The van der Waals surface area contributed by atoms with Crippen molar-refractivity contribution in [3.63, 3.8) is 0 Å². The van der Waals surface area contributed by atoms with Gasteiger partial charge in [0.1, 0.15) is 11.4 Å². The maximum Gasteiger partial charge on any atom is 0.354 e. The molecular formula is C12H15N3O3. The summed E-state index contributed by atoms with van der Waals surface area (Å²) < 4.78 is 0. The Kier molecular flexibility index (Phi) is 3.18. The Morgan fingerprint density at radius 1 is 1.44 bits per heavy atom. The second kappa shape index (κ2) is 4.64. The number of carbonyl (C=O) groups is 2. The number of nitrogens with zero attached hydrogens (tertiary/aromatic N) is 2. The molecule has 0 saturated heterocycles. The number of Topliss-reactive ketones (excluding diaryl/α,β-unsaturated/α-hetero) is 1. The van der Waals surface area contributed by atoms with Crippen molar-refractivity contribution < 1.29 is 14.7 Å². The molecule has 18 heavy (non-hydrogen) atoms. The lowest BCUT2D eigenvalue weighted by Crippen LogP contribution is -2.10. The van der Waals surface area contributed by atoms with Crippen LogP contribution in [0.5, 0.6) is 0 Å². The number of hydrogen-bond acceptors (Lipinski definition) is 4. The summed E-state index contributed by atoms with van der Waals surface area (Å²) in [5, 5.41) is 15.3. The Balaban J connectivity index is 2.45. The third kappa shape index (κ3) is 2.13. The van der Waals surface area contributed by atoms with Gasteiger partial charge in [-0.2, -0.15) is 5.10 Å². The summed E-state index contributed by atoms with van der Waals surface area (Å²) in [6, 6.07) is 0. The minimum atomic E-state index is -1.07. The Bertz CT molecular complexity index is 529. The van der Waals surface area contributed by atoms with Crippen LogP contribution in [0.2, 0.25) is 0 Å². The number of fused-ring (bicyclic) bond motifs is 1. The van der Waals surface area contributed by atoms with Crippen LogP contribution >= 0.6 is 0 Å². The summed E-state index contributed by atoms with van der Waals surface area (Å²) in [4.78, 5) is 25.1. The van der Waals surface area contributed by atoms with Gasteiger partial charge < -0.3 is 10.0 Å². The van der Waals surface area contributed by atoms with Gasteiger partial charge in [0.05, 0.1) is 0 Å². The van der Waals surface area contributed by atoms with Gasteiger partial charge in [0.25, 0.3) is 0 Å². The minimum absolute atomic E-state index is 0.0319. The van der Waals surface area contributed by atoms with Crippen molar-refractivity contribution in [3.05, 3.63) is 28.7 Å². The first-order valence-corrected chi connectivity index (χ1v) is 5.73. The van der Waals surface area contributed by atoms with Crippen LogP contribution in [0.25, 0.3) is 0 Å². The van der Waals surface area contributed by atoms with Crippen LogP contribution in [0.3, 0.4) is 0 Å². The van der Waals surface area contributed by atoms with Crippen LogP contribution in [-0.2, 0) is 6.42 Å². The molecule has 0 amide bonds. The fourth-order valence-corrected chi connectivity index (χ4v) is 2.13. The van der Waals surface area contributed by atoms with Gasteiger partial charge in [-0.05, 0) is 19.3 Å². The van der Waals surface area contributed by atoms with Gasteiger partial charge in [-0.25, -0.2) is 4.79 Å². The van der Waals surface area contributed by atoms with Crippen molar-refractivity contribution in [2.75, 3.05) is 14.1 Å². The molecule has 1 aromatic rings. The molecule has 1 heterocycles. The van der Waals surface area contributed by atoms with Crippen LogP contribution < -0.4 is 0 Å². The van der Waals surface area contributed by atoms with Gasteiger partial charge in [-0.15, -0.1) is 0 Å². The fraction of sp³-hybridized carbons (Fsp3) is 0.417. The second-order valence-electron chi connectivity index (χ2n) is 4.53. The van der Waals surface area contributed by atoms with Gasteiger partial charge in [-0.3, -0.25) is 9.89 Å². The van der Waals surface area contributed by atoms with Crippen molar-refractivity contribution in [1.29, 1.82) is 0 Å². The van der Waals surface area contributed by atoms with E-state index in [2.05, 4.69) is 10.2 Å². The summed E-state index contributed by atoms with van der Waals surface area (Å²) in [7, 11) is 3.69. The van der Waals surface area contributed by atoms with E-state index >= 15 is 0 Å². The van der Waals surface area contributed by atoms with Crippen molar-refractivity contribution in [2.45, 2.75) is 19.3 Å². The van der Waals surface area contributed by atoms with Crippen LogP contribution in [0.15, 0.2) is 11.8 Å². The Hall–Kier alpha value is -2.11. The number of H-pyrrole nitrogens is 1. The van der Waals surface area contributed by atoms with Crippen LogP contribution in [-0.4, -0.2) is 46.1 Å². The maximum absolute atomic E-state index is 12.2. The molecule has 2 rings (SSSR count). The van der Waals surface area contributed by atoms with Crippen LogP contribution in [0, 0.1) is 0 Å². The molecule has 6 nitrogen and oxygen atoms in total. The number of hydrogen-bond donors (Lipinski definition) is 2. The zero-order chi connectivity index (χ0) is 13.3. The predicted octanol–water partition coefficient (Wildman–Crippen LogP) is 1.07. The molecule has 0 fully saturated rings. The normalized spacial score (nSPS) is 17.4. The van der Waals surface area contributed by atoms with Gasteiger partial charge in [0.15, 0.2) is 0 Å². The highest BCUT2D eigenvalue weighted by molar-refractivity contribution is 6.09. The zero-order valence-corrected chi connectivity index (χ0v) is 10.4. The van der Waals surface area contributed by atoms with Crippen LogP contribution in [0.1, 0.15) is 39.4 Å². The number of aromatic nitrogens is 2. The van der Waals surface area contributed by atoms with Crippen molar-refractivity contribution in [3.8, 4) is 0 Å². The quantitative estimate of drug-likeness (QED) is 0.605. The third-order valence-electron chi connectivity index (χ3n) is 2.87. The van der Waals surface area contributed by atoms with Crippen molar-refractivity contribution in [2.24, 2.45) is 0 Å². The predicted molar refractivity (Wildman–Crippen MR) is 64.6 cm³/mol. The zero-order valence-electron chi connectivity index (χ0n) is 10.4. The molecule has 0 unspecified atom stereocenters. The van der Waals surface area contributed by atoms with E-state index in [9.17, 15) is 9.59 Å². The lowest BCUT2D eigenvalue weighted by molar-refractivity contribution is 0.0689. The van der Waals surface area contributed by atoms with Gasteiger partial charge in [0, 0.05) is 31.4 Å². The number of aromatic amines is 1. The number of ketones is 1. The standard InChI is InChI=1S/C12H15N3O3/c1-15(2)6-7-4-3-5-8-9(11(7)16)13-14-10(8)12(17)18/h6H,3-5H2,1-2H3,(H,13,14)(H,17,18). The maximum atomic E-state index is 12.2. The minimum Gasteiger partial charge on any atom is -0.477 e. The number of allylic oxidation sites excluding steroid dienone is 1. The summed E-state index contributed by atoms with van der Waals surface area (Å²) in [5.41, 5.74) is 1.47. The van der Waals surface area contributed by atoms with E-state index in [1.165, 1.54) is 0 Å². The topological polar surface area (TPSA) is 86.3 Å². The molecule has 1 aromatic heterocycles. The highest BCUT2D eigenvalue weighted by Crippen LogP contribution is 2.25. The number of carboxylic acid groups (broad SMARTS) is 1. The molecule has 1 aliphatic carbocycles. The molecule has 96 valence electrons. The lowest BCUT2D eigenvalue weighted by atomic mass is 10.1. The molecule has 0 bridgehead atoms. The van der Waals surface area contributed by atoms with Gasteiger partial charge in [0.2, 0.25) is 5.78 Å². The molecule has 6 heteroatoms. The average molecular weight is 249 g/mol. The molecule has 0 aromatic carbocycles. The van der Waals surface area contributed by atoms with E-state index in [1.807, 2.05) is 19.0 Å². The Morgan fingerprint density at radius 2 is 2.17 bits per heavy atom. The average Bonchev–Trinajstić information content (AvgIpc) is 2.64. The van der Waals surface area contributed by atoms with E-state index in [-0.39, 0.29) is 17.2 Å². The van der Waals surface area contributed by atoms with E-state index in [0.29, 0.717) is 24.0 Å². The van der Waals surface area contributed by atoms with Gasteiger partial charge in [-0.1, -0.05) is 0 Å². The molecule has 0 aliphatic heterocycles. The first-order chi connectivity index (χ1) is 8.50. The Labute approximate surface area is 104 Å².